The third kappa shape index (κ3) is 2.32. The quantitative estimate of drug-likeness (QED) is 0.743. The standard InChI is InChI=1S/C12H6F3NS/c13-12(14,15)10-4-2-1-3-9(10)11-6-5-8(7-16)17-11/h1-6H. The van der Waals surface area contributed by atoms with Crippen LogP contribution in [-0.2, 0) is 6.18 Å². The first-order valence-corrected chi connectivity index (χ1v) is 5.50. The minimum absolute atomic E-state index is 0.117. The van der Waals surface area contributed by atoms with Gasteiger partial charge >= 0.3 is 6.18 Å². The molecule has 0 saturated carbocycles. The molecule has 2 aromatic rings. The summed E-state index contributed by atoms with van der Waals surface area (Å²) in [5, 5.41) is 8.67. The lowest BCUT2D eigenvalue weighted by Gasteiger charge is -2.10. The fourth-order valence-electron chi connectivity index (χ4n) is 1.49. The second-order valence-electron chi connectivity index (χ2n) is 3.32. The van der Waals surface area contributed by atoms with E-state index in [2.05, 4.69) is 0 Å². The number of alkyl halides is 3. The van der Waals surface area contributed by atoms with Gasteiger partial charge in [0.25, 0.3) is 0 Å². The Morgan fingerprint density at radius 1 is 1.06 bits per heavy atom. The molecule has 2 rings (SSSR count). The van der Waals surface area contributed by atoms with Crippen LogP contribution in [0.4, 0.5) is 13.2 Å². The molecule has 0 aliphatic heterocycles. The average molecular weight is 253 g/mol. The van der Waals surface area contributed by atoms with E-state index in [0.29, 0.717) is 9.75 Å². The number of hydrogen-bond donors (Lipinski definition) is 0. The monoisotopic (exact) mass is 253 g/mol. The van der Waals surface area contributed by atoms with Crippen molar-refractivity contribution in [3.8, 4) is 16.5 Å². The van der Waals surface area contributed by atoms with E-state index >= 15 is 0 Å². The molecule has 1 nitrogen and oxygen atoms in total. The number of thiophene rings is 1. The first-order chi connectivity index (χ1) is 8.02. The summed E-state index contributed by atoms with van der Waals surface area (Å²) in [6, 6.07) is 10.3. The van der Waals surface area contributed by atoms with Gasteiger partial charge in [0.1, 0.15) is 10.9 Å². The van der Waals surface area contributed by atoms with E-state index in [4.69, 9.17) is 5.26 Å². The summed E-state index contributed by atoms with van der Waals surface area (Å²) in [5.74, 6) is 0. The molecule has 0 atom stereocenters. The van der Waals surface area contributed by atoms with Gasteiger partial charge in [-0.05, 0) is 18.2 Å². The van der Waals surface area contributed by atoms with E-state index in [1.807, 2.05) is 6.07 Å². The Morgan fingerprint density at radius 3 is 2.35 bits per heavy atom. The zero-order valence-corrected chi connectivity index (χ0v) is 9.27. The molecule has 0 spiro atoms. The highest BCUT2D eigenvalue weighted by atomic mass is 32.1. The topological polar surface area (TPSA) is 23.8 Å². The Kier molecular flexibility index (Phi) is 2.90. The van der Waals surface area contributed by atoms with Gasteiger partial charge in [-0.2, -0.15) is 18.4 Å². The summed E-state index contributed by atoms with van der Waals surface area (Å²) in [6.07, 6.45) is -4.38. The zero-order valence-electron chi connectivity index (χ0n) is 8.45. The van der Waals surface area contributed by atoms with Gasteiger partial charge in [0.15, 0.2) is 0 Å². The highest BCUT2D eigenvalue weighted by Gasteiger charge is 2.33. The molecule has 0 radical (unpaired) electrons. The molecule has 0 aliphatic rings. The molecule has 5 heteroatoms. The average Bonchev–Trinajstić information content (AvgIpc) is 2.76. The van der Waals surface area contributed by atoms with Gasteiger partial charge in [-0.1, -0.05) is 18.2 Å². The van der Waals surface area contributed by atoms with Gasteiger partial charge < -0.3 is 0 Å². The molecule has 1 aromatic heterocycles. The van der Waals surface area contributed by atoms with Crippen LogP contribution in [0.2, 0.25) is 0 Å². The van der Waals surface area contributed by atoms with Crippen LogP contribution in [0.5, 0.6) is 0 Å². The normalized spacial score (nSPS) is 11.2. The molecule has 0 bridgehead atoms. The molecule has 0 aliphatic carbocycles. The van der Waals surface area contributed by atoms with Crippen molar-refractivity contribution in [1.82, 2.24) is 0 Å². The molecule has 0 unspecified atom stereocenters. The smallest absolute Gasteiger partial charge is 0.192 e. The van der Waals surface area contributed by atoms with Crippen LogP contribution in [0, 0.1) is 11.3 Å². The van der Waals surface area contributed by atoms with E-state index in [9.17, 15) is 13.2 Å². The van der Waals surface area contributed by atoms with Crippen molar-refractivity contribution < 1.29 is 13.2 Å². The number of rotatable bonds is 1. The van der Waals surface area contributed by atoms with Gasteiger partial charge in [0, 0.05) is 10.4 Å². The van der Waals surface area contributed by atoms with E-state index in [1.165, 1.54) is 24.3 Å². The lowest BCUT2D eigenvalue weighted by molar-refractivity contribution is -0.137. The Morgan fingerprint density at radius 2 is 1.76 bits per heavy atom. The van der Waals surface area contributed by atoms with Crippen molar-refractivity contribution in [3.05, 3.63) is 46.8 Å². The predicted molar refractivity (Wildman–Crippen MR) is 59.5 cm³/mol. The van der Waals surface area contributed by atoms with Crippen molar-refractivity contribution in [3.63, 3.8) is 0 Å². The van der Waals surface area contributed by atoms with E-state index in [-0.39, 0.29) is 5.56 Å². The maximum absolute atomic E-state index is 12.8. The molecule has 17 heavy (non-hydrogen) atoms. The molecule has 0 N–H and O–H groups in total. The van der Waals surface area contributed by atoms with Crippen LogP contribution in [0.15, 0.2) is 36.4 Å². The van der Waals surface area contributed by atoms with E-state index in [1.54, 1.807) is 6.07 Å². The van der Waals surface area contributed by atoms with Gasteiger partial charge in [-0.15, -0.1) is 11.3 Å². The van der Waals surface area contributed by atoms with Crippen LogP contribution in [0.1, 0.15) is 10.4 Å². The minimum Gasteiger partial charge on any atom is -0.192 e. The second kappa shape index (κ2) is 4.22. The molecule has 1 aromatic carbocycles. The number of benzene rings is 1. The lowest BCUT2D eigenvalue weighted by Crippen LogP contribution is -2.06. The molecular formula is C12H6F3NS. The molecule has 0 amide bonds. The molecule has 1 heterocycles. The number of nitrogens with zero attached hydrogens (tertiary/aromatic N) is 1. The highest BCUT2D eigenvalue weighted by Crippen LogP contribution is 2.39. The molecular weight excluding hydrogens is 247 g/mol. The van der Waals surface area contributed by atoms with Crippen LogP contribution in [0.3, 0.4) is 0 Å². The molecule has 0 saturated heterocycles. The maximum Gasteiger partial charge on any atom is 0.417 e. The highest BCUT2D eigenvalue weighted by molar-refractivity contribution is 7.16. The number of nitriles is 1. The maximum atomic E-state index is 12.8. The summed E-state index contributed by atoms with van der Waals surface area (Å²) in [4.78, 5) is 0.853. The van der Waals surface area contributed by atoms with Crippen molar-refractivity contribution in [2.45, 2.75) is 6.18 Å². The number of hydrogen-bond acceptors (Lipinski definition) is 2. The van der Waals surface area contributed by atoms with Crippen molar-refractivity contribution in [2.24, 2.45) is 0 Å². The third-order valence-corrected chi connectivity index (χ3v) is 3.24. The molecule has 0 fully saturated rings. The van der Waals surface area contributed by atoms with Gasteiger partial charge in [-0.25, -0.2) is 0 Å². The summed E-state index contributed by atoms with van der Waals surface area (Å²) in [7, 11) is 0. The van der Waals surface area contributed by atoms with Gasteiger partial charge in [0.05, 0.1) is 5.56 Å². The Balaban J connectivity index is 2.56. The summed E-state index contributed by atoms with van der Waals surface area (Å²) < 4.78 is 38.3. The summed E-state index contributed by atoms with van der Waals surface area (Å²) in [6.45, 7) is 0. The SMILES string of the molecule is N#Cc1ccc(-c2ccccc2C(F)(F)F)s1. The fourth-order valence-corrected chi connectivity index (χ4v) is 2.33. The second-order valence-corrected chi connectivity index (χ2v) is 4.40. The van der Waals surface area contributed by atoms with Crippen LogP contribution < -0.4 is 0 Å². The van der Waals surface area contributed by atoms with Gasteiger partial charge in [0.2, 0.25) is 0 Å². The first kappa shape index (κ1) is 11.7. The van der Waals surface area contributed by atoms with Crippen LogP contribution in [-0.4, -0.2) is 0 Å². The van der Waals surface area contributed by atoms with Gasteiger partial charge in [-0.3, -0.25) is 0 Å². The third-order valence-electron chi connectivity index (χ3n) is 2.21. The van der Waals surface area contributed by atoms with Crippen molar-refractivity contribution >= 4 is 11.3 Å². The Bertz CT molecular complexity index is 578. The Labute approximate surface area is 99.7 Å². The fraction of sp³-hybridized carbons (Fsp3) is 0.0833. The van der Waals surface area contributed by atoms with E-state index in [0.717, 1.165) is 17.4 Å². The van der Waals surface area contributed by atoms with Crippen molar-refractivity contribution in [2.75, 3.05) is 0 Å². The number of halogens is 3. The lowest BCUT2D eigenvalue weighted by atomic mass is 10.1. The van der Waals surface area contributed by atoms with Crippen LogP contribution in [0.25, 0.3) is 10.4 Å². The summed E-state index contributed by atoms with van der Waals surface area (Å²) in [5.41, 5.74) is -0.558. The first-order valence-electron chi connectivity index (χ1n) is 4.69. The zero-order chi connectivity index (χ0) is 12.5. The predicted octanol–water partition coefficient (Wildman–Crippen LogP) is 4.31. The molecule has 86 valence electrons. The largest absolute Gasteiger partial charge is 0.417 e. The van der Waals surface area contributed by atoms with Crippen LogP contribution >= 0.6 is 11.3 Å². The van der Waals surface area contributed by atoms with Crippen molar-refractivity contribution in [1.29, 1.82) is 5.26 Å². The summed E-state index contributed by atoms with van der Waals surface area (Å²) >= 11 is 1.06. The van der Waals surface area contributed by atoms with E-state index < -0.39 is 11.7 Å². The Hall–Kier alpha value is -1.80. The minimum atomic E-state index is -4.38.